The minimum atomic E-state index is -1.03. The molecule has 4 rings (SSSR count). The van der Waals surface area contributed by atoms with E-state index in [1.54, 1.807) is 30.3 Å². The highest BCUT2D eigenvalue weighted by molar-refractivity contribution is 6.31. The molecule has 0 fully saturated rings. The predicted molar refractivity (Wildman–Crippen MR) is 113 cm³/mol. The van der Waals surface area contributed by atoms with Gasteiger partial charge in [0.15, 0.2) is 0 Å². The summed E-state index contributed by atoms with van der Waals surface area (Å²) < 4.78 is 25.7. The molecule has 0 aliphatic rings. The van der Waals surface area contributed by atoms with Gasteiger partial charge >= 0.3 is 0 Å². The van der Waals surface area contributed by atoms with Crippen LogP contribution in [0.5, 0.6) is 5.75 Å². The summed E-state index contributed by atoms with van der Waals surface area (Å²) in [6, 6.07) is 18.8. The van der Waals surface area contributed by atoms with Crippen LogP contribution in [0, 0.1) is 5.82 Å². The molecular formula is C23H17ClFN3O3. The summed E-state index contributed by atoms with van der Waals surface area (Å²) in [5.41, 5.74) is 1.08. The van der Waals surface area contributed by atoms with Gasteiger partial charge < -0.3 is 14.5 Å². The Labute approximate surface area is 182 Å². The van der Waals surface area contributed by atoms with Gasteiger partial charge in [0.25, 0.3) is 5.91 Å². The lowest BCUT2D eigenvalue weighted by Crippen LogP contribution is -2.30. The van der Waals surface area contributed by atoms with Crippen molar-refractivity contribution in [3.05, 3.63) is 101 Å². The highest BCUT2D eigenvalue weighted by atomic mass is 35.5. The molecule has 1 atom stereocenters. The molecule has 4 aromatic rings. The summed E-state index contributed by atoms with van der Waals surface area (Å²) in [4.78, 5) is 13.1. The van der Waals surface area contributed by atoms with Crippen molar-refractivity contribution >= 4 is 17.5 Å². The lowest BCUT2D eigenvalue weighted by Gasteiger charge is -2.17. The van der Waals surface area contributed by atoms with Crippen molar-refractivity contribution < 1.29 is 18.3 Å². The van der Waals surface area contributed by atoms with Gasteiger partial charge in [-0.05, 0) is 36.4 Å². The molecule has 0 aliphatic carbocycles. The van der Waals surface area contributed by atoms with Crippen LogP contribution in [-0.4, -0.2) is 23.2 Å². The first-order valence-electron chi connectivity index (χ1n) is 9.34. The monoisotopic (exact) mass is 437 g/mol. The molecule has 0 radical (unpaired) electrons. The zero-order valence-electron chi connectivity index (χ0n) is 16.4. The molecule has 0 spiro atoms. The maximum absolute atomic E-state index is 14.6. The summed E-state index contributed by atoms with van der Waals surface area (Å²) in [6.45, 7) is 0. The number of rotatable bonds is 6. The van der Waals surface area contributed by atoms with Gasteiger partial charge in [0, 0.05) is 16.1 Å². The smallest absolute Gasteiger partial charge is 0.256 e. The summed E-state index contributed by atoms with van der Waals surface area (Å²) >= 11 is 6.05. The summed E-state index contributed by atoms with van der Waals surface area (Å²) in [7, 11) is 1.44. The van der Waals surface area contributed by atoms with E-state index in [0.717, 1.165) is 0 Å². The second-order valence-electron chi connectivity index (χ2n) is 6.58. The number of carbonyl (C=O) groups is 1. The van der Waals surface area contributed by atoms with Crippen molar-refractivity contribution in [1.29, 1.82) is 0 Å². The van der Waals surface area contributed by atoms with E-state index in [-0.39, 0.29) is 22.9 Å². The molecule has 1 aromatic heterocycles. The molecule has 156 valence electrons. The van der Waals surface area contributed by atoms with Gasteiger partial charge in [0.2, 0.25) is 11.8 Å². The molecule has 3 aromatic carbocycles. The van der Waals surface area contributed by atoms with E-state index in [1.165, 1.54) is 19.2 Å². The Morgan fingerprint density at radius 3 is 2.55 bits per heavy atom. The van der Waals surface area contributed by atoms with Crippen molar-refractivity contribution in [1.82, 2.24) is 15.5 Å². The zero-order chi connectivity index (χ0) is 21.8. The second-order valence-corrected chi connectivity index (χ2v) is 7.02. The third kappa shape index (κ3) is 4.41. The van der Waals surface area contributed by atoms with E-state index in [1.807, 2.05) is 30.3 Å². The normalized spacial score (nSPS) is 11.7. The van der Waals surface area contributed by atoms with Crippen LogP contribution < -0.4 is 10.1 Å². The second kappa shape index (κ2) is 8.97. The maximum Gasteiger partial charge on any atom is 0.256 e. The molecule has 6 nitrogen and oxygen atoms in total. The molecule has 0 bridgehead atoms. The number of hydrogen-bond acceptors (Lipinski definition) is 5. The van der Waals surface area contributed by atoms with E-state index in [9.17, 15) is 9.18 Å². The number of halogens is 2. The summed E-state index contributed by atoms with van der Waals surface area (Å²) in [6.07, 6.45) is 0. The number of amides is 1. The quantitative estimate of drug-likeness (QED) is 0.456. The van der Waals surface area contributed by atoms with Gasteiger partial charge in [-0.15, -0.1) is 10.2 Å². The Balaban J connectivity index is 1.73. The fourth-order valence-electron chi connectivity index (χ4n) is 3.10. The van der Waals surface area contributed by atoms with E-state index in [2.05, 4.69) is 15.5 Å². The first-order valence-corrected chi connectivity index (χ1v) is 9.72. The zero-order valence-corrected chi connectivity index (χ0v) is 17.1. The SMILES string of the molecule is COc1ccc(Cl)cc1C(=O)NC(c1nnc(-c2ccccc2)o1)c1ccccc1F. The molecule has 1 unspecified atom stereocenters. The fraction of sp³-hybridized carbons (Fsp3) is 0.0870. The molecule has 1 N–H and O–H groups in total. The average molecular weight is 438 g/mol. The largest absolute Gasteiger partial charge is 0.496 e. The average Bonchev–Trinajstić information content (AvgIpc) is 3.28. The van der Waals surface area contributed by atoms with Crippen molar-refractivity contribution in [3.63, 3.8) is 0 Å². The van der Waals surface area contributed by atoms with E-state index in [4.69, 9.17) is 20.8 Å². The molecule has 31 heavy (non-hydrogen) atoms. The fourth-order valence-corrected chi connectivity index (χ4v) is 3.27. The number of nitrogens with zero attached hydrogens (tertiary/aromatic N) is 2. The Bertz CT molecular complexity index is 1210. The number of hydrogen-bond donors (Lipinski definition) is 1. The summed E-state index contributed by atoms with van der Waals surface area (Å²) in [5.74, 6) is -0.438. The van der Waals surface area contributed by atoms with E-state index >= 15 is 0 Å². The number of benzene rings is 3. The number of nitrogens with one attached hydrogen (secondary N) is 1. The van der Waals surface area contributed by atoms with Gasteiger partial charge in [0.1, 0.15) is 17.6 Å². The van der Waals surface area contributed by atoms with Crippen LogP contribution in [0.1, 0.15) is 27.9 Å². The van der Waals surface area contributed by atoms with Crippen LogP contribution >= 0.6 is 11.6 Å². The third-order valence-corrected chi connectivity index (χ3v) is 4.84. The van der Waals surface area contributed by atoms with Gasteiger partial charge in [-0.25, -0.2) is 4.39 Å². The van der Waals surface area contributed by atoms with Crippen molar-refractivity contribution in [2.45, 2.75) is 6.04 Å². The first kappa shape index (κ1) is 20.6. The molecule has 0 saturated heterocycles. The maximum atomic E-state index is 14.6. The van der Waals surface area contributed by atoms with Crippen LogP contribution in [0.15, 0.2) is 77.2 Å². The van der Waals surface area contributed by atoms with Gasteiger partial charge in [0.05, 0.1) is 12.7 Å². The minimum Gasteiger partial charge on any atom is -0.496 e. The van der Waals surface area contributed by atoms with E-state index < -0.39 is 17.8 Å². The molecular weight excluding hydrogens is 421 g/mol. The Morgan fingerprint density at radius 1 is 1.06 bits per heavy atom. The molecule has 0 saturated carbocycles. The van der Waals surface area contributed by atoms with Gasteiger partial charge in [-0.3, -0.25) is 4.79 Å². The highest BCUT2D eigenvalue weighted by Crippen LogP contribution is 2.29. The van der Waals surface area contributed by atoms with Crippen LogP contribution in [0.4, 0.5) is 4.39 Å². The van der Waals surface area contributed by atoms with Crippen LogP contribution in [0.3, 0.4) is 0 Å². The Hall–Kier alpha value is -3.71. The molecule has 0 aliphatic heterocycles. The van der Waals surface area contributed by atoms with Crippen molar-refractivity contribution in [2.24, 2.45) is 0 Å². The number of ether oxygens (including phenoxy) is 1. The van der Waals surface area contributed by atoms with Crippen molar-refractivity contribution in [2.75, 3.05) is 7.11 Å². The van der Waals surface area contributed by atoms with Gasteiger partial charge in [-0.2, -0.15) is 0 Å². The van der Waals surface area contributed by atoms with Crippen molar-refractivity contribution in [3.8, 4) is 17.2 Å². The topological polar surface area (TPSA) is 77.2 Å². The first-order chi connectivity index (χ1) is 15.1. The van der Waals surface area contributed by atoms with Gasteiger partial charge in [-0.1, -0.05) is 48.0 Å². The number of carbonyl (C=O) groups excluding carboxylic acids is 1. The highest BCUT2D eigenvalue weighted by Gasteiger charge is 2.27. The predicted octanol–water partition coefficient (Wildman–Crippen LogP) is 5.06. The molecule has 1 heterocycles. The minimum absolute atomic E-state index is 0.0401. The number of methoxy groups -OCH3 is 1. The number of aromatic nitrogens is 2. The van der Waals surface area contributed by atoms with Crippen LogP contribution in [0.25, 0.3) is 11.5 Å². The van der Waals surface area contributed by atoms with E-state index in [0.29, 0.717) is 16.3 Å². The molecule has 8 heteroatoms. The molecule has 1 amide bonds. The van der Waals surface area contributed by atoms with Crippen LogP contribution in [0.2, 0.25) is 5.02 Å². The third-order valence-electron chi connectivity index (χ3n) is 4.61. The standard InChI is InChI=1S/C23H17ClFN3O3/c1-30-19-12-11-15(24)13-17(19)21(29)26-20(16-9-5-6-10-18(16)25)23-28-27-22(31-23)14-7-3-2-4-8-14/h2-13,20H,1H3,(H,26,29). The lowest BCUT2D eigenvalue weighted by molar-refractivity contribution is 0.0934. The summed E-state index contributed by atoms with van der Waals surface area (Å²) in [5, 5.41) is 11.2. The Morgan fingerprint density at radius 2 is 1.81 bits per heavy atom. The van der Waals surface area contributed by atoms with Crippen LogP contribution in [-0.2, 0) is 0 Å². The lowest BCUT2D eigenvalue weighted by atomic mass is 10.1. The Kier molecular flexibility index (Phi) is 5.95.